The zero-order chi connectivity index (χ0) is 22.6. The Hall–Kier alpha value is -2.60. The van der Waals surface area contributed by atoms with E-state index in [9.17, 15) is 18.0 Å². The van der Waals surface area contributed by atoms with Gasteiger partial charge in [-0.1, -0.05) is 11.6 Å². The number of ether oxygens (including phenoxy) is 1. The topological polar surface area (TPSA) is 153 Å². The van der Waals surface area contributed by atoms with Gasteiger partial charge in [0.1, 0.15) is 16.7 Å². The van der Waals surface area contributed by atoms with Crippen LogP contribution in [0.2, 0.25) is 5.02 Å². The third kappa shape index (κ3) is 5.76. The van der Waals surface area contributed by atoms with E-state index in [1.54, 1.807) is 19.1 Å². The molecule has 2 atom stereocenters. The lowest BCUT2D eigenvalue weighted by Gasteiger charge is -2.17. The minimum Gasteiger partial charge on any atom is -0.467 e. The van der Waals surface area contributed by atoms with E-state index in [4.69, 9.17) is 25.9 Å². The molecule has 5 N–H and O–H groups in total. The molecule has 12 heteroatoms. The second-order valence-corrected chi connectivity index (χ2v) is 8.86. The molecule has 0 spiro atoms. The maximum absolute atomic E-state index is 13.0. The van der Waals surface area contributed by atoms with Gasteiger partial charge in [0, 0.05) is 18.3 Å². The highest BCUT2D eigenvalue weighted by Gasteiger charge is 2.32. The molecule has 2 heterocycles. The second-order valence-electron chi connectivity index (χ2n) is 6.93. The van der Waals surface area contributed by atoms with E-state index in [1.165, 1.54) is 12.3 Å². The maximum atomic E-state index is 13.0. The number of primary sulfonamides is 1. The first kappa shape index (κ1) is 23.1. The van der Waals surface area contributed by atoms with Gasteiger partial charge in [-0.15, -0.1) is 0 Å². The van der Waals surface area contributed by atoms with Gasteiger partial charge in [0.2, 0.25) is 10.0 Å². The standard InChI is InChI=1S/C19H23ClN4O6S/c1-2-29-19(26)16-6-11(9-22-16)24-18(25)13-7-17(31(21,27)28)14(20)8-15(13)23-10-12-4-3-5-30-12/h3-5,7-8,11,16,22-23H,2,6,9-10H2,1H3,(H,24,25)(H2,21,27,28)/t11-,16-/m0/s1. The van der Waals surface area contributed by atoms with Crippen LogP contribution < -0.4 is 21.1 Å². The molecular formula is C19H23ClN4O6S. The van der Waals surface area contributed by atoms with Crippen molar-refractivity contribution in [1.82, 2.24) is 10.6 Å². The molecule has 1 fully saturated rings. The van der Waals surface area contributed by atoms with E-state index in [-0.39, 0.29) is 40.6 Å². The molecule has 0 saturated carbocycles. The first-order valence-electron chi connectivity index (χ1n) is 9.52. The summed E-state index contributed by atoms with van der Waals surface area (Å²) in [5.74, 6) is -0.321. The van der Waals surface area contributed by atoms with E-state index in [1.807, 2.05) is 0 Å². The van der Waals surface area contributed by atoms with Crippen molar-refractivity contribution in [2.45, 2.75) is 36.9 Å². The molecule has 1 aliphatic heterocycles. The lowest BCUT2D eigenvalue weighted by atomic mass is 10.1. The Balaban J connectivity index is 1.81. The predicted molar refractivity (Wildman–Crippen MR) is 113 cm³/mol. The summed E-state index contributed by atoms with van der Waals surface area (Å²) in [5, 5.41) is 13.9. The van der Waals surface area contributed by atoms with Crippen LogP contribution in [0.5, 0.6) is 0 Å². The van der Waals surface area contributed by atoms with Crippen molar-refractivity contribution in [1.29, 1.82) is 0 Å². The third-order valence-corrected chi connectivity index (χ3v) is 6.07. The number of anilines is 1. The SMILES string of the molecule is CCOC(=O)[C@@H]1C[C@H](NC(=O)c2cc(S(N)(=O)=O)c(Cl)cc2NCc2ccco2)CN1. The number of amides is 1. The summed E-state index contributed by atoms with van der Waals surface area (Å²) >= 11 is 6.09. The van der Waals surface area contributed by atoms with Crippen LogP contribution in [0.4, 0.5) is 5.69 Å². The number of carbonyl (C=O) groups is 2. The van der Waals surface area contributed by atoms with Crippen molar-refractivity contribution in [3.8, 4) is 0 Å². The van der Waals surface area contributed by atoms with Gasteiger partial charge < -0.3 is 25.1 Å². The van der Waals surface area contributed by atoms with Gasteiger partial charge in [-0.3, -0.25) is 9.59 Å². The number of halogens is 1. The fourth-order valence-electron chi connectivity index (χ4n) is 3.23. The van der Waals surface area contributed by atoms with Crippen molar-refractivity contribution in [3.05, 3.63) is 46.9 Å². The zero-order valence-corrected chi connectivity index (χ0v) is 18.3. The number of benzene rings is 1. The smallest absolute Gasteiger partial charge is 0.323 e. The summed E-state index contributed by atoms with van der Waals surface area (Å²) in [4.78, 5) is 24.5. The second kappa shape index (κ2) is 9.69. The molecule has 1 aromatic carbocycles. The molecule has 0 radical (unpaired) electrons. The van der Waals surface area contributed by atoms with Gasteiger partial charge in [0.25, 0.3) is 5.91 Å². The van der Waals surface area contributed by atoms with Crippen LogP contribution in [-0.2, 0) is 26.1 Å². The molecule has 3 rings (SSSR count). The minimum atomic E-state index is -4.15. The summed E-state index contributed by atoms with van der Waals surface area (Å²) in [6, 6.07) is 5.04. The molecule has 1 aromatic heterocycles. The van der Waals surface area contributed by atoms with Crippen LogP contribution in [-0.4, -0.2) is 45.5 Å². The van der Waals surface area contributed by atoms with Crippen molar-refractivity contribution in [3.63, 3.8) is 0 Å². The third-order valence-electron chi connectivity index (χ3n) is 4.69. The Kier molecular flexibility index (Phi) is 7.21. The van der Waals surface area contributed by atoms with Crippen LogP contribution in [0, 0.1) is 0 Å². The Morgan fingerprint density at radius 1 is 1.39 bits per heavy atom. The molecule has 168 valence electrons. The monoisotopic (exact) mass is 470 g/mol. The van der Waals surface area contributed by atoms with Crippen LogP contribution in [0.25, 0.3) is 0 Å². The number of nitrogens with two attached hydrogens (primary N) is 1. The quantitative estimate of drug-likeness (QED) is 0.420. The van der Waals surface area contributed by atoms with Gasteiger partial charge >= 0.3 is 5.97 Å². The molecular weight excluding hydrogens is 448 g/mol. The largest absolute Gasteiger partial charge is 0.467 e. The van der Waals surface area contributed by atoms with E-state index >= 15 is 0 Å². The maximum Gasteiger partial charge on any atom is 0.323 e. The highest BCUT2D eigenvalue weighted by molar-refractivity contribution is 7.89. The molecule has 2 aromatic rings. The molecule has 0 bridgehead atoms. The van der Waals surface area contributed by atoms with Crippen molar-refractivity contribution in [2.75, 3.05) is 18.5 Å². The number of nitrogens with one attached hydrogen (secondary N) is 3. The van der Waals surface area contributed by atoms with E-state index in [0.29, 0.717) is 24.4 Å². The average molecular weight is 471 g/mol. The summed E-state index contributed by atoms with van der Waals surface area (Å²) in [6.07, 6.45) is 1.85. The number of hydrogen-bond donors (Lipinski definition) is 4. The number of rotatable bonds is 8. The molecule has 10 nitrogen and oxygen atoms in total. The lowest BCUT2D eigenvalue weighted by Crippen LogP contribution is -2.36. The Labute approximate surface area is 184 Å². The van der Waals surface area contributed by atoms with Crippen LogP contribution in [0.3, 0.4) is 0 Å². The van der Waals surface area contributed by atoms with Gasteiger partial charge in [-0.2, -0.15) is 0 Å². The molecule has 1 aliphatic rings. The van der Waals surface area contributed by atoms with Crippen LogP contribution >= 0.6 is 11.6 Å². The van der Waals surface area contributed by atoms with E-state index in [2.05, 4.69) is 16.0 Å². The first-order valence-corrected chi connectivity index (χ1v) is 11.4. The van der Waals surface area contributed by atoms with E-state index < -0.39 is 22.0 Å². The lowest BCUT2D eigenvalue weighted by molar-refractivity contribution is -0.145. The highest BCUT2D eigenvalue weighted by Crippen LogP contribution is 2.29. The molecule has 0 unspecified atom stereocenters. The molecule has 1 saturated heterocycles. The number of hydrogen-bond acceptors (Lipinski definition) is 8. The van der Waals surface area contributed by atoms with Gasteiger partial charge in [0.15, 0.2) is 0 Å². The number of furan rings is 1. The van der Waals surface area contributed by atoms with Crippen LogP contribution in [0.15, 0.2) is 39.8 Å². The van der Waals surface area contributed by atoms with Crippen molar-refractivity contribution < 1.29 is 27.2 Å². The zero-order valence-electron chi connectivity index (χ0n) is 16.7. The van der Waals surface area contributed by atoms with E-state index in [0.717, 1.165) is 6.07 Å². The fraction of sp³-hybridized carbons (Fsp3) is 0.368. The molecule has 1 amide bonds. The van der Waals surface area contributed by atoms with Crippen LogP contribution in [0.1, 0.15) is 29.5 Å². The minimum absolute atomic E-state index is 0.0413. The molecule has 31 heavy (non-hydrogen) atoms. The number of esters is 1. The van der Waals surface area contributed by atoms with Gasteiger partial charge in [-0.25, -0.2) is 13.6 Å². The fourth-order valence-corrected chi connectivity index (χ4v) is 4.33. The summed E-state index contributed by atoms with van der Waals surface area (Å²) in [7, 11) is -4.15. The Bertz CT molecular complexity index is 1060. The Morgan fingerprint density at radius 2 is 2.16 bits per heavy atom. The summed E-state index contributed by atoms with van der Waals surface area (Å²) in [5.41, 5.74) is 0.346. The van der Waals surface area contributed by atoms with Crippen molar-refractivity contribution >= 4 is 39.2 Å². The van der Waals surface area contributed by atoms with Gasteiger partial charge in [-0.05, 0) is 37.6 Å². The predicted octanol–water partition coefficient (Wildman–Crippen LogP) is 1.22. The normalized spacial score (nSPS) is 18.5. The number of carbonyl (C=O) groups excluding carboxylic acids is 2. The Morgan fingerprint density at radius 3 is 2.81 bits per heavy atom. The highest BCUT2D eigenvalue weighted by atomic mass is 35.5. The molecule has 0 aliphatic carbocycles. The van der Waals surface area contributed by atoms with Crippen molar-refractivity contribution in [2.24, 2.45) is 5.14 Å². The summed E-state index contributed by atoms with van der Waals surface area (Å²) in [6.45, 7) is 2.58. The first-order chi connectivity index (χ1) is 14.7. The summed E-state index contributed by atoms with van der Waals surface area (Å²) < 4.78 is 34.0. The van der Waals surface area contributed by atoms with Gasteiger partial charge in [0.05, 0.1) is 30.0 Å². The number of sulfonamides is 1. The average Bonchev–Trinajstić information content (AvgIpc) is 3.37.